The zero-order chi connectivity index (χ0) is 12.6. The van der Waals surface area contributed by atoms with Gasteiger partial charge < -0.3 is 10.1 Å². The molecule has 0 aromatic carbocycles. The molecule has 0 amide bonds. The summed E-state index contributed by atoms with van der Waals surface area (Å²) in [7, 11) is 0. The fourth-order valence-corrected chi connectivity index (χ4v) is 2.89. The summed E-state index contributed by atoms with van der Waals surface area (Å²) in [5, 5.41) is 3.56. The molecule has 2 atom stereocenters. The Morgan fingerprint density at radius 2 is 2.56 bits per heavy atom. The molecule has 1 fully saturated rings. The van der Waals surface area contributed by atoms with Crippen molar-refractivity contribution in [3.05, 3.63) is 11.9 Å². The molecule has 1 N–H and O–H groups in total. The molecule has 0 bridgehead atoms. The van der Waals surface area contributed by atoms with Crippen LogP contribution in [0.25, 0.3) is 0 Å². The summed E-state index contributed by atoms with van der Waals surface area (Å²) in [6.45, 7) is 4.19. The minimum atomic E-state index is 0.366. The Labute approximate surface area is 113 Å². The smallest absolute Gasteiger partial charge is 0.0912 e. The first-order chi connectivity index (χ1) is 8.90. The largest absolute Gasteiger partial charge is 0.378 e. The SMILES string of the molecule is CCCNC(CCCC1CCCO1)c1cnsn1. The van der Waals surface area contributed by atoms with E-state index in [0.29, 0.717) is 12.1 Å². The molecule has 2 heterocycles. The van der Waals surface area contributed by atoms with Crippen molar-refractivity contribution in [1.82, 2.24) is 14.1 Å². The molecule has 1 aromatic rings. The van der Waals surface area contributed by atoms with Crippen molar-refractivity contribution < 1.29 is 4.74 Å². The second-order valence-corrected chi connectivity index (χ2v) is 5.46. The van der Waals surface area contributed by atoms with Gasteiger partial charge in [0.25, 0.3) is 0 Å². The summed E-state index contributed by atoms with van der Waals surface area (Å²) in [6, 6.07) is 0.366. The predicted molar refractivity (Wildman–Crippen MR) is 73.8 cm³/mol. The molecule has 0 spiro atoms. The van der Waals surface area contributed by atoms with Crippen LogP contribution in [0.15, 0.2) is 6.20 Å². The summed E-state index contributed by atoms with van der Waals surface area (Å²) in [5.41, 5.74) is 1.10. The number of ether oxygens (including phenoxy) is 1. The molecule has 18 heavy (non-hydrogen) atoms. The van der Waals surface area contributed by atoms with Gasteiger partial charge in [0, 0.05) is 6.61 Å². The van der Waals surface area contributed by atoms with Crippen LogP contribution in [0, 0.1) is 0 Å². The monoisotopic (exact) mass is 269 g/mol. The molecule has 1 saturated heterocycles. The van der Waals surface area contributed by atoms with Gasteiger partial charge in [0.2, 0.25) is 0 Å². The normalized spacial score (nSPS) is 21.3. The molecule has 0 aliphatic carbocycles. The summed E-state index contributed by atoms with van der Waals surface area (Å²) in [5.74, 6) is 0. The fraction of sp³-hybridized carbons (Fsp3) is 0.846. The second kappa shape index (κ2) is 7.81. The highest BCUT2D eigenvalue weighted by Crippen LogP contribution is 2.22. The van der Waals surface area contributed by atoms with E-state index in [1.54, 1.807) is 0 Å². The van der Waals surface area contributed by atoms with Gasteiger partial charge in [-0.1, -0.05) is 6.92 Å². The Morgan fingerprint density at radius 1 is 1.61 bits per heavy atom. The lowest BCUT2D eigenvalue weighted by Gasteiger charge is -2.17. The van der Waals surface area contributed by atoms with Gasteiger partial charge in [0.05, 0.1) is 35.8 Å². The van der Waals surface area contributed by atoms with E-state index in [4.69, 9.17) is 4.74 Å². The number of nitrogens with one attached hydrogen (secondary N) is 1. The Morgan fingerprint density at radius 3 is 3.22 bits per heavy atom. The van der Waals surface area contributed by atoms with Crippen LogP contribution in [0.1, 0.15) is 57.2 Å². The van der Waals surface area contributed by atoms with Crippen molar-refractivity contribution in [1.29, 1.82) is 0 Å². The molecule has 102 valence electrons. The van der Waals surface area contributed by atoms with Gasteiger partial charge in [-0.3, -0.25) is 0 Å². The average molecular weight is 269 g/mol. The predicted octanol–water partition coefficient (Wildman–Crippen LogP) is 2.93. The molecule has 4 nitrogen and oxygen atoms in total. The van der Waals surface area contributed by atoms with E-state index in [0.717, 1.165) is 31.7 Å². The third-order valence-electron chi connectivity index (χ3n) is 3.42. The summed E-state index contributed by atoms with van der Waals surface area (Å²) >= 11 is 1.30. The Hall–Kier alpha value is -0.520. The maximum Gasteiger partial charge on any atom is 0.0912 e. The van der Waals surface area contributed by atoms with Crippen LogP contribution in [0.5, 0.6) is 0 Å². The van der Waals surface area contributed by atoms with Crippen LogP contribution in [0.3, 0.4) is 0 Å². The van der Waals surface area contributed by atoms with Gasteiger partial charge in [-0.15, -0.1) is 0 Å². The lowest BCUT2D eigenvalue weighted by Crippen LogP contribution is -2.22. The summed E-state index contributed by atoms with van der Waals surface area (Å²) in [6.07, 6.45) is 9.54. The molecule has 0 radical (unpaired) electrons. The minimum absolute atomic E-state index is 0.366. The Bertz CT molecular complexity index is 312. The standard InChI is InChI=1S/C13H23N3OS/c1-2-8-14-12(13-10-15-18-16-13)7-3-5-11-6-4-9-17-11/h10-12,14H,2-9H2,1H3. The first-order valence-electron chi connectivity index (χ1n) is 7.02. The highest BCUT2D eigenvalue weighted by Gasteiger charge is 2.17. The van der Waals surface area contributed by atoms with Crippen molar-refractivity contribution in [3.63, 3.8) is 0 Å². The fourth-order valence-electron chi connectivity index (χ4n) is 2.42. The van der Waals surface area contributed by atoms with E-state index >= 15 is 0 Å². The zero-order valence-corrected chi connectivity index (χ0v) is 11.9. The van der Waals surface area contributed by atoms with Crippen molar-refractivity contribution in [2.24, 2.45) is 0 Å². The van der Waals surface area contributed by atoms with Gasteiger partial charge in [0.1, 0.15) is 0 Å². The number of rotatable bonds is 8. The maximum absolute atomic E-state index is 5.66. The van der Waals surface area contributed by atoms with Crippen molar-refractivity contribution in [2.75, 3.05) is 13.2 Å². The first kappa shape index (κ1) is 13.9. The molecular weight excluding hydrogens is 246 g/mol. The highest BCUT2D eigenvalue weighted by atomic mass is 32.1. The van der Waals surface area contributed by atoms with Crippen LogP contribution < -0.4 is 5.32 Å². The van der Waals surface area contributed by atoms with Crippen molar-refractivity contribution in [3.8, 4) is 0 Å². The topological polar surface area (TPSA) is 47.0 Å². The van der Waals surface area contributed by atoms with E-state index in [1.807, 2.05) is 6.20 Å². The molecule has 5 heteroatoms. The van der Waals surface area contributed by atoms with Gasteiger partial charge in [0.15, 0.2) is 0 Å². The average Bonchev–Trinajstić information content (AvgIpc) is 3.05. The molecule has 2 rings (SSSR count). The van der Waals surface area contributed by atoms with E-state index < -0.39 is 0 Å². The van der Waals surface area contributed by atoms with Crippen molar-refractivity contribution >= 4 is 11.7 Å². The quantitative estimate of drug-likeness (QED) is 0.788. The molecule has 1 aliphatic heterocycles. The van der Waals surface area contributed by atoms with E-state index in [-0.39, 0.29) is 0 Å². The molecular formula is C13H23N3OS. The number of aromatic nitrogens is 2. The maximum atomic E-state index is 5.66. The number of hydrogen-bond donors (Lipinski definition) is 1. The first-order valence-corrected chi connectivity index (χ1v) is 7.75. The van der Waals surface area contributed by atoms with Gasteiger partial charge in [-0.2, -0.15) is 8.75 Å². The van der Waals surface area contributed by atoms with Crippen molar-refractivity contribution in [2.45, 2.75) is 57.6 Å². The summed E-state index contributed by atoms with van der Waals surface area (Å²) < 4.78 is 14.1. The highest BCUT2D eigenvalue weighted by molar-refractivity contribution is 6.99. The van der Waals surface area contributed by atoms with E-state index in [9.17, 15) is 0 Å². The van der Waals surface area contributed by atoms with E-state index in [2.05, 4.69) is 21.0 Å². The van der Waals surface area contributed by atoms with Gasteiger partial charge in [-0.05, 0) is 45.1 Å². The van der Waals surface area contributed by atoms with Gasteiger partial charge >= 0.3 is 0 Å². The summed E-state index contributed by atoms with van der Waals surface area (Å²) in [4.78, 5) is 0. The van der Waals surface area contributed by atoms with Crippen LogP contribution >= 0.6 is 11.7 Å². The number of nitrogens with zero attached hydrogens (tertiary/aromatic N) is 2. The van der Waals surface area contributed by atoms with Crippen LogP contribution in [0.4, 0.5) is 0 Å². The zero-order valence-electron chi connectivity index (χ0n) is 11.1. The number of hydrogen-bond acceptors (Lipinski definition) is 5. The van der Waals surface area contributed by atoms with Gasteiger partial charge in [-0.25, -0.2) is 0 Å². The van der Waals surface area contributed by atoms with Crippen LogP contribution in [0.2, 0.25) is 0 Å². The molecule has 2 unspecified atom stereocenters. The Balaban J connectivity index is 1.74. The lowest BCUT2D eigenvalue weighted by molar-refractivity contribution is 0.101. The second-order valence-electron chi connectivity index (χ2n) is 4.90. The molecule has 1 aromatic heterocycles. The lowest BCUT2D eigenvalue weighted by atomic mass is 10.0. The Kier molecular flexibility index (Phi) is 6.04. The molecule has 1 aliphatic rings. The minimum Gasteiger partial charge on any atom is -0.378 e. The van der Waals surface area contributed by atoms with E-state index in [1.165, 1.54) is 37.4 Å². The molecule has 0 saturated carbocycles. The third kappa shape index (κ3) is 4.30. The third-order valence-corrected chi connectivity index (χ3v) is 3.91. The van der Waals surface area contributed by atoms with Crippen LogP contribution in [-0.2, 0) is 4.74 Å². The van der Waals surface area contributed by atoms with Crippen LogP contribution in [-0.4, -0.2) is 28.0 Å².